The van der Waals surface area contributed by atoms with E-state index in [1.807, 2.05) is 41.5 Å². The molecule has 0 saturated carbocycles. The van der Waals surface area contributed by atoms with Crippen LogP contribution in [-0.2, 0) is 14.2 Å². The van der Waals surface area contributed by atoms with Crippen molar-refractivity contribution in [3.8, 4) is 0 Å². The molecule has 0 aromatic carbocycles. The minimum absolute atomic E-state index is 0.128. The third-order valence-electron chi connectivity index (χ3n) is 4.74. The number of hydrogen-bond acceptors (Lipinski definition) is 5. The molecule has 27 heavy (non-hydrogen) atoms. The van der Waals surface area contributed by atoms with Gasteiger partial charge >= 0.3 is 6.09 Å². The predicted octanol–water partition coefficient (Wildman–Crippen LogP) is 2.09. The van der Waals surface area contributed by atoms with Crippen LogP contribution >= 0.6 is 0 Å². The van der Waals surface area contributed by atoms with Gasteiger partial charge in [0.05, 0.1) is 18.2 Å². The third kappa shape index (κ3) is 5.97. The summed E-state index contributed by atoms with van der Waals surface area (Å²) in [5, 5.41) is 6.60. The van der Waals surface area contributed by atoms with Crippen LogP contribution < -0.4 is 10.6 Å². The van der Waals surface area contributed by atoms with Crippen LogP contribution in [0.25, 0.3) is 0 Å². The fourth-order valence-corrected chi connectivity index (χ4v) is 3.56. The van der Waals surface area contributed by atoms with E-state index in [9.17, 15) is 4.79 Å². The normalized spacial score (nSPS) is 28.3. The Kier molecular flexibility index (Phi) is 6.97. The van der Waals surface area contributed by atoms with Crippen molar-refractivity contribution in [2.75, 3.05) is 26.7 Å². The van der Waals surface area contributed by atoms with E-state index < -0.39 is 11.3 Å². The number of carbonyl (C=O) groups excluding carboxylic acids is 1. The molecular weight excluding hydrogens is 348 g/mol. The van der Waals surface area contributed by atoms with Gasteiger partial charge in [-0.3, -0.25) is 9.89 Å². The first-order chi connectivity index (χ1) is 12.5. The second-order valence-electron chi connectivity index (χ2n) is 8.66. The van der Waals surface area contributed by atoms with Crippen LogP contribution in [0.2, 0.25) is 0 Å². The number of rotatable bonds is 4. The van der Waals surface area contributed by atoms with Crippen molar-refractivity contribution in [1.29, 1.82) is 0 Å². The molecule has 0 spiro atoms. The zero-order valence-electron chi connectivity index (χ0n) is 17.8. The summed E-state index contributed by atoms with van der Waals surface area (Å²) in [5.74, 6) is 0.687. The number of guanidine groups is 1. The smallest absolute Gasteiger partial charge is 0.412 e. The highest BCUT2D eigenvalue weighted by molar-refractivity contribution is 5.79. The molecular formula is C19H36N4O4. The molecule has 0 bridgehead atoms. The SMILES string of the molecule is CN=C(NCC1CCCO1)NCC1C(C)OC(C)(C)N1C(=O)OC(C)(C)C. The maximum Gasteiger partial charge on any atom is 0.412 e. The molecule has 2 heterocycles. The van der Waals surface area contributed by atoms with Gasteiger partial charge in [-0.2, -0.15) is 0 Å². The summed E-state index contributed by atoms with van der Waals surface area (Å²) in [5.41, 5.74) is -1.29. The van der Waals surface area contributed by atoms with Crippen molar-refractivity contribution in [2.45, 2.75) is 84.0 Å². The fourth-order valence-electron chi connectivity index (χ4n) is 3.56. The average Bonchev–Trinajstić information content (AvgIpc) is 3.11. The first kappa shape index (κ1) is 21.8. The molecule has 156 valence electrons. The minimum Gasteiger partial charge on any atom is -0.444 e. The van der Waals surface area contributed by atoms with Crippen LogP contribution in [0, 0.1) is 0 Å². The van der Waals surface area contributed by atoms with E-state index in [-0.39, 0.29) is 24.3 Å². The van der Waals surface area contributed by atoms with E-state index in [0.717, 1.165) is 26.0 Å². The molecule has 2 N–H and O–H groups in total. The second kappa shape index (κ2) is 8.65. The van der Waals surface area contributed by atoms with E-state index in [0.29, 0.717) is 12.5 Å². The van der Waals surface area contributed by atoms with Gasteiger partial charge in [0.1, 0.15) is 11.3 Å². The number of hydrogen-bond donors (Lipinski definition) is 2. The van der Waals surface area contributed by atoms with Crippen molar-refractivity contribution in [3.05, 3.63) is 0 Å². The lowest BCUT2D eigenvalue weighted by Crippen LogP contribution is -2.54. The lowest BCUT2D eigenvalue weighted by molar-refractivity contribution is -0.0755. The molecule has 8 heteroatoms. The number of aliphatic imine (C=N–C) groups is 1. The first-order valence-electron chi connectivity index (χ1n) is 9.80. The molecule has 2 aliphatic rings. The van der Waals surface area contributed by atoms with Gasteiger partial charge in [-0.15, -0.1) is 0 Å². The summed E-state index contributed by atoms with van der Waals surface area (Å²) in [6, 6.07) is -0.170. The summed E-state index contributed by atoms with van der Waals surface area (Å²) in [6.45, 7) is 13.4. The Morgan fingerprint density at radius 3 is 2.52 bits per heavy atom. The van der Waals surface area contributed by atoms with Gasteiger partial charge in [-0.25, -0.2) is 4.79 Å². The van der Waals surface area contributed by atoms with Crippen molar-refractivity contribution >= 4 is 12.1 Å². The quantitative estimate of drug-likeness (QED) is 0.570. The zero-order valence-corrected chi connectivity index (χ0v) is 17.8. The number of ether oxygens (including phenoxy) is 3. The largest absolute Gasteiger partial charge is 0.444 e. The predicted molar refractivity (Wildman–Crippen MR) is 105 cm³/mol. The van der Waals surface area contributed by atoms with Gasteiger partial charge < -0.3 is 24.8 Å². The third-order valence-corrected chi connectivity index (χ3v) is 4.74. The Morgan fingerprint density at radius 2 is 1.96 bits per heavy atom. The van der Waals surface area contributed by atoms with Gasteiger partial charge in [-0.05, 0) is 54.4 Å². The van der Waals surface area contributed by atoms with E-state index in [1.54, 1.807) is 11.9 Å². The van der Waals surface area contributed by atoms with Gasteiger partial charge in [0.2, 0.25) is 0 Å². The van der Waals surface area contributed by atoms with E-state index in [4.69, 9.17) is 14.2 Å². The van der Waals surface area contributed by atoms with E-state index in [2.05, 4.69) is 15.6 Å². The van der Waals surface area contributed by atoms with Crippen molar-refractivity contribution < 1.29 is 19.0 Å². The number of nitrogens with zero attached hydrogens (tertiary/aromatic N) is 2. The van der Waals surface area contributed by atoms with Crippen LogP contribution in [0.5, 0.6) is 0 Å². The average molecular weight is 385 g/mol. The highest BCUT2D eigenvalue weighted by Gasteiger charge is 2.49. The Morgan fingerprint density at radius 1 is 1.30 bits per heavy atom. The number of amides is 1. The monoisotopic (exact) mass is 384 g/mol. The summed E-state index contributed by atoms with van der Waals surface area (Å²) in [7, 11) is 1.73. The number of carbonyl (C=O) groups is 1. The van der Waals surface area contributed by atoms with Gasteiger partial charge in [0, 0.05) is 26.7 Å². The molecule has 2 aliphatic heterocycles. The maximum absolute atomic E-state index is 12.8. The summed E-state index contributed by atoms with van der Waals surface area (Å²) >= 11 is 0. The molecule has 0 aliphatic carbocycles. The topological polar surface area (TPSA) is 84.4 Å². The van der Waals surface area contributed by atoms with Crippen molar-refractivity contribution in [3.63, 3.8) is 0 Å². The molecule has 2 saturated heterocycles. The first-order valence-corrected chi connectivity index (χ1v) is 9.80. The molecule has 0 aromatic heterocycles. The highest BCUT2D eigenvalue weighted by Crippen LogP contribution is 2.33. The van der Waals surface area contributed by atoms with Crippen molar-refractivity contribution in [1.82, 2.24) is 15.5 Å². The van der Waals surface area contributed by atoms with Crippen LogP contribution in [0.3, 0.4) is 0 Å². The fraction of sp³-hybridized carbons (Fsp3) is 0.895. The minimum atomic E-state index is -0.733. The zero-order chi connectivity index (χ0) is 20.2. The van der Waals surface area contributed by atoms with Crippen LogP contribution in [0.15, 0.2) is 4.99 Å². The van der Waals surface area contributed by atoms with E-state index in [1.165, 1.54) is 0 Å². The van der Waals surface area contributed by atoms with E-state index >= 15 is 0 Å². The lowest BCUT2D eigenvalue weighted by Gasteiger charge is -2.35. The standard InChI is InChI=1S/C19H36N4O4/c1-13-15(12-22-16(20-7)21-11-14-9-8-10-25-14)23(19(5,6)26-13)17(24)27-18(2,3)4/h13-15H,8-12H2,1-7H3,(H2,20,21,22). The van der Waals surface area contributed by atoms with Crippen LogP contribution in [-0.4, -0.2) is 73.3 Å². The molecule has 0 radical (unpaired) electrons. The van der Waals surface area contributed by atoms with Gasteiger partial charge in [0.15, 0.2) is 5.96 Å². The molecule has 2 fully saturated rings. The Labute approximate surface area is 163 Å². The highest BCUT2D eigenvalue weighted by atomic mass is 16.6. The van der Waals surface area contributed by atoms with Crippen molar-refractivity contribution in [2.24, 2.45) is 4.99 Å². The molecule has 0 aromatic rings. The molecule has 2 rings (SSSR count). The second-order valence-corrected chi connectivity index (χ2v) is 8.66. The maximum atomic E-state index is 12.8. The van der Waals surface area contributed by atoms with Gasteiger partial charge in [-0.1, -0.05) is 0 Å². The molecule has 3 unspecified atom stereocenters. The summed E-state index contributed by atoms with van der Waals surface area (Å²) in [6.07, 6.45) is 1.91. The summed E-state index contributed by atoms with van der Waals surface area (Å²) < 4.78 is 17.3. The number of nitrogens with one attached hydrogen (secondary N) is 2. The molecule has 8 nitrogen and oxygen atoms in total. The molecule has 3 atom stereocenters. The Balaban J connectivity index is 1.97. The van der Waals surface area contributed by atoms with Gasteiger partial charge in [0.25, 0.3) is 0 Å². The Hall–Kier alpha value is -1.54. The Bertz CT molecular complexity index is 538. The lowest BCUT2D eigenvalue weighted by atomic mass is 10.1. The van der Waals surface area contributed by atoms with Crippen LogP contribution in [0.4, 0.5) is 4.79 Å². The van der Waals surface area contributed by atoms with Crippen LogP contribution in [0.1, 0.15) is 54.4 Å². The summed E-state index contributed by atoms with van der Waals surface area (Å²) in [4.78, 5) is 18.7. The molecule has 1 amide bonds.